The zero-order chi connectivity index (χ0) is 22.5. The van der Waals surface area contributed by atoms with E-state index in [2.05, 4.69) is 5.43 Å². The van der Waals surface area contributed by atoms with E-state index in [9.17, 15) is 24.5 Å². The molecule has 2 amide bonds. The van der Waals surface area contributed by atoms with E-state index >= 15 is 0 Å². The van der Waals surface area contributed by atoms with Gasteiger partial charge in [-0.1, -0.05) is 18.2 Å². The highest BCUT2D eigenvalue weighted by atomic mass is 16.6. The first-order valence-corrected chi connectivity index (χ1v) is 9.35. The second kappa shape index (κ2) is 9.08. The largest absolute Gasteiger partial charge is 0.478 e. The van der Waals surface area contributed by atoms with Crippen molar-refractivity contribution in [2.24, 2.45) is 0 Å². The predicted octanol–water partition coefficient (Wildman–Crippen LogP) is 2.39. The molecule has 2 aromatic rings. The van der Waals surface area contributed by atoms with Gasteiger partial charge in [0.1, 0.15) is 11.3 Å². The minimum atomic E-state index is -1.01. The van der Waals surface area contributed by atoms with Crippen molar-refractivity contribution in [3.05, 3.63) is 69.8 Å². The third-order valence-corrected chi connectivity index (χ3v) is 4.33. The summed E-state index contributed by atoms with van der Waals surface area (Å²) in [6.07, 6.45) is 0.188. The number of non-ortho nitro benzene ring substituents is 1. The van der Waals surface area contributed by atoms with Crippen LogP contribution in [-0.4, -0.2) is 35.4 Å². The molecule has 3 rings (SSSR count). The fraction of sp³-hybridized carbons (Fsp3) is 0.190. The highest BCUT2D eigenvalue weighted by molar-refractivity contribution is 6.31. The number of carbonyl (C=O) groups is 3. The number of hydrogen-bond acceptors (Lipinski definition) is 7. The van der Waals surface area contributed by atoms with Crippen LogP contribution in [0.25, 0.3) is 6.08 Å². The Morgan fingerprint density at radius 1 is 1.23 bits per heavy atom. The fourth-order valence-corrected chi connectivity index (χ4v) is 2.84. The molecule has 1 fully saturated rings. The van der Waals surface area contributed by atoms with Crippen molar-refractivity contribution in [3.63, 3.8) is 0 Å². The minimum absolute atomic E-state index is 0.0809. The molecule has 1 aliphatic rings. The number of anilines is 1. The summed E-state index contributed by atoms with van der Waals surface area (Å²) >= 11 is 0. The molecular formula is C21H19N3O7. The van der Waals surface area contributed by atoms with Gasteiger partial charge in [0, 0.05) is 17.7 Å². The summed E-state index contributed by atoms with van der Waals surface area (Å²) in [5.74, 6) is -1.85. The number of para-hydroxylation sites is 1. The monoisotopic (exact) mass is 425 g/mol. The molecule has 1 N–H and O–H groups in total. The summed E-state index contributed by atoms with van der Waals surface area (Å²) in [7, 11) is 0. The SMILES string of the molecule is CCOC(=O)C(C)Oc1ccc([N+](=O)[O-])cc1C=C1C(=O)NN(c2ccccc2)C1=O. The zero-order valence-electron chi connectivity index (χ0n) is 16.7. The number of nitrogens with one attached hydrogen (secondary N) is 1. The highest BCUT2D eigenvalue weighted by Crippen LogP contribution is 2.29. The summed E-state index contributed by atoms with van der Waals surface area (Å²) < 4.78 is 10.5. The second-order valence-corrected chi connectivity index (χ2v) is 6.47. The molecule has 0 radical (unpaired) electrons. The Kier molecular flexibility index (Phi) is 6.29. The Morgan fingerprint density at radius 3 is 2.58 bits per heavy atom. The summed E-state index contributed by atoms with van der Waals surface area (Å²) in [5.41, 5.74) is 2.49. The Hall–Kier alpha value is -4.21. The lowest BCUT2D eigenvalue weighted by molar-refractivity contribution is -0.384. The van der Waals surface area contributed by atoms with Crippen molar-refractivity contribution >= 4 is 35.2 Å². The van der Waals surface area contributed by atoms with Crippen LogP contribution in [-0.2, 0) is 19.1 Å². The van der Waals surface area contributed by atoms with Gasteiger partial charge in [-0.2, -0.15) is 0 Å². The maximum Gasteiger partial charge on any atom is 0.347 e. The van der Waals surface area contributed by atoms with Gasteiger partial charge >= 0.3 is 5.97 Å². The van der Waals surface area contributed by atoms with Gasteiger partial charge in [-0.25, -0.2) is 9.80 Å². The van der Waals surface area contributed by atoms with Gasteiger partial charge in [0.2, 0.25) is 0 Å². The quantitative estimate of drug-likeness (QED) is 0.237. The van der Waals surface area contributed by atoms with E-state index in [1.165, 1.54) is 25.1 Å². The van der Waals surface area contributed by atoms with E-state index in [-0.39, 0.29) is 29.2 Å². The normalized spacial score (nSPS) is 15.5. The lowest BCUT2D eigenvalue weighted by Gasteiger charge is -2.15. The fourth-order valence-electron chi connectivity index (χ4n) is 2.84. The number of nitrogens with zero attached hydrogens (tertiary/aromatic N) is 2. The molecule has 1 heterocycles. The van der Waals surface area contributed by atoms with Crippen molar-refractivity contribution in [1.82, 2.24) is 5.43 Å². The number of carbonyl (C=O) groups excluding carboxylic acids is 3. The average Bonchev–Trinajstić information content (AvgIpc) is 3.03. The number of hydrogen-bond donors (Lipinski definition) is 1. The van der Waals surface area contributed by atoms with E-state index in [4.69, 9.17) is 9.47 Å². The summed E-state index contributed by atoms with van der Waals surface area (Å²) in [4.78, 5) is 47.7. The van der Waals surface area contributed by atoms with Gasteiger partial charge in [-0.15, -0.1) is 0 Å². The molecule has 10 heteroatoms. The van der Waals surface area contributed by atoms with Crippen LogP contribution >= 0.6 is 0 Å². The Morgan fingerprint density at radius 2 is 1.94 bits per heavy atom. The molecule has 0 aliphatic carbocycles. The number of amides is 2. The maximum absolute atomic E-state index is 12.8. The molecule has 1 unspecified atom stereocenters. The minimum Gasteiger partial charge on any atom is -0.478 e. The van der Waals surface area contributed by atoms with Crippen LogP contribution in [0.1, 0.15) is 19.4 Å². The van der Waals surface area contributed by atoms with Gasteiger partial charge in [0.15, 0.2) is 6.10 Å². The smallest absolute Gasteiger partial charge is 0.347 e. The number of rotatable bonds is 7. The first-order chi connectivity index (χ1) is 14.8. The van der Waals surface area contributed by atoms with E-state index in [1.807, 2.05) is 0 Å². The number of esters is 1. The van der Waals surface area contributed by atoms with Gasteiger partial charge < -0.3 is 9.47 Å². The third kappa shape index (κ3) is 4.69. The van der Waals surface area contributed by atoms with E-state index in [0.717, 1.165) is 11.1 Å². The number of benzene rings is 2. The van der Waals surface area contributed by atoms with Gasteiger partial charge in [-0.3, -0.25) is 25.1 Å². The van der Waals surface area contributed by atoms with Crippen LogP contribution in [0, 0.1) is 10.1 Å². The van der Waals surface area contributed by atoms with Crippen molar-refractivity contribution in [1.29, 1.82) is 0 Å². The molecule has 1 aliphatic heterocycles. The topological polar surface area (TPSA) is 128 Å². The molecule has 0 spiro atoms. The first kappa shape index (κ1) is 21.5. The lowest BCUT2D eigenvalue weighted by Crippen LogP contribution is -2.35. The van der Waals surface area contributed by atoms with Crippen LogP contribution in [0.5, 0.6) is 5.75 Å². The molecule has 10 nitrogen and oxygen atoms in total. The molecule has 0 saturated carbocycles. The average molecular weight is 425 g/mol. The second-order valence-electron chi connectivity index (χ2n) is 6.47. The summed E-state index contributed by atoms with van der Waals surface area (Å²) in [5, 5.41) is 12.3. The van der Waals surface area contributed by atoms with Crippen molar-refractivity contribution in [2.75, 3.05) is 11.6 Å². The standard InChI is InChI=1S/C21H19N3O7/c1-3-30-21(27)13(2)31-18-10-9-16(24(28)29)11-14(18)12-17-19(25)22-23(20(17)26)15-7-5-4-6-8-15/h4-13H,3H2,1-2H3,(H,22,25). The number of nitro groups is 1. The third-order valence-electron chi connectivity index (χ3n) is 4.33. The summed E-state index contributed by atoms with van der Waals surface area (Å²) in [6, 6.07) is 12.1. The molecule has 160 valence electrons. The van der Waals surface area contributed by atoms with E-state index < -0.39 is 28.8 Å². The highest BCUT2D eigenvalue weighted by Gasteiger charge is 2.35. The van der Waals surface area contributed by atoms with Gasteiger partial charge in [0.25, 0.3) is 17.5 Å². The van der Waals surface area contributed by atoms with Crippen LogP contribution < -0.4 is 15.2 Å². The summed E-state index contributed by atoms with van der Waals surface area (Å²) in [6.45, 7) is 3.27. The van der Waals surface area contributed by atoms with E-state index in [1.54, 1.807) is 37.3 Å². The lowest BCUT2D eigenvalue weighted by atomic mass is 10.1. The van der Waals surface area contributed by atoms with E-state index in [0.29, 0.717) is 5.69 Å². The van der Waals surface area contributed by atoms with Crippen LogP contribution in [0.4, 0.5) is 11.4 Å². The number of hydrazine groups is 1. The molecular weight excluding hydrogens is 406 g/mol. The van der Waals surface area contributed by atoms with Crippen molar-refractivity contribution in [3.8, 4) is 5.75 Å². The van der Waals surface area contributed by atoms with Crippen LogP contribution in [0.15, 0.2) is 54.1 Å². The van der Waals surface area contributed by atoms with Gasteiger partial charge in [0.05, 0.1) is 17.2 Å². The molecule has 1 saturated heterocycles. The molecule has 2 aromatic carbocycles. The number of nitro benzene ring substituents is 1. The molecule has 0 aromatic heterocycles. The molecule has 0 bridgehead atoms. The predicted molar refractivity (Wildman–Crippen MR) is 110 cm³/mol. The van der Waals surface area contributed by atoms with Crippen LogP contribution in [0.2, 0.25) is 0 Å². The Labute approximate surface area is 177 Å². The molecule has 1 atom stereocenters. The number of ether oxygens (including phenoxy) is 2. The van der Waals surface area contributed by atoms with Gasteiger partial charge in [-0.05, 0) is 38.1 Å². The Bertz CT molecular complexity index is 1070. The van der Waals surface area contributed by atoms with Crippen LogP contribution in [0.3, 0.4) is 0 Å². The van der Waals surface area contributed by atoms with Crippen molar-refractivity contribution < 1.29 is 28.8 Å². The first-order valence-electron chi connectivity index (χ1n) is 9.35. The zero-order valence-corrected chi connectivity index (χ0v) is 16.7. The van der Waals surface area contributed by atoms with Crippen molar-refractivity contribution in [2.45, 2.75) is 20.0 Å². The maximum atomic E-state index is 12.8. The Balaban J connectivity index is 1.98. The molecule has 31 heavy (non-hydrogen) atoms.